The Morgan fingerprint density at radius 2 is 1.67 bits per heavy atom. The Bertz CT molecular complexity index is 1370. The molecule has 3 aromatic carbocycles. The predicted octanol–water partition coefficient (Wildman–Crippen LogP) is 3.03. The molecule has 1 aliphatic rings. The molecule has 0 unspecified atom stereocenters. The van der Waals surface area contributed by atoms with Gasteiger partial charge < -0.3 is 21.1 Å². The Labute approximate surface area is 209 Å². The Morgan fingerprint density at radius 3 is 2.33 bits per heavy atom. The smallest absolute Gasteiger partial charge is 0.413 e. The molecule has 11 heteroatoms. The molecule has 8 N–H and O–H groups in total. The third-order valence-electron chi connectivity index (χ3n) is 5.88. The first kappa shape index (κ1) is 25.2. The van der Waals surface area contributed by atoms with Crippen molar-refractivity contribution in [1.82, 2.24) is 5.32 Å². The highest BCUT2D eigenvalue weighted by Gasteiger charge is 2.36. The summed E-state index contributed by atoms with van der Waals surface area (Å²) in [6.45, 7) is 1.32. The molecule has 0 aliphatic carbocycles. The van der Waals surface area contributed by atoms with Crippen molar-refractivity contribution in [2.75, 3.05) is 23.7 Å². The van der Waals surface area contributed by atoms with Crippen molar-refractivity contribution in [2.45, 2.75) is 23.5 Å². The number of carbonyl (C=O) groups excluding carboxylic acids is 1. The van der Waals surface area contributed by atoms with Crippen LogP contribution in [0.1, 0.15) is 18.4 Å². The largest absolute Gasteiger partial charge is 0.423 e. The fourth-order valence-electron chi connectivity index (χ4n) is 4.12. The number of amidine groups is 1. The van der Waals surface area contributed by atoms with Crippen LogP contribution in [0.25, 0.3) is 11.1 Å². The monoisotopic (exact) mass is 508 g/mol. The van der Waals surface area contributed by atoms with Crippen LogP contribution in [0.2, 0.25) is 0 Å². The first-order chi connectivity index (χ1) is 17.2. The SMILES string of the molecule is N=C(N)c1cccc(NC2(OC(=O)Nc3ccc(-c4ccccc4S(N)(=O)=O)cc3)CCNCC2)c1. The van der Waals surface area contributed by atoms with E-state index in [1.54, 1.807) is 60.7 Å². The first-order valence-corrected chi connectivity index (χ1v) is 12.9. The van der Waals surface area contributed by atoms with E-state index in [1.807, 2.05) is 6.07 Å². The van der Waals surface area contributed by atoms with E-state index < -0.39 is 21.8 Å². The molecule has 1 heterocycles. The fraction of sp³-hybridized carbons (Fsp3) is 0.200. The van der Waals surface area contributed by atoms with Gasteiger partial charge in [-0.05, 0) is 35.9 Å². The van der Waals surface area contributed by atoms with Gasteiger partial charge in [-0.3, -0.25) is 10.7 Å². The average Bonchev–Trinajstić information content (AvgIpc) is 2.84. The summed E-state index contributed by atoms with van der Waals surface area (Å²) in [6.07, 6.45) is 0.437. The molecule has 1 aliphatic heterocycles. The summed E-state index contributed by atoms with van der Waals surface area (Å²) in [5, 5.41) is 22.3. The Morgan fingerprint density at radius 1 is 0.972 bits per heavy atom. The number of piperidine rings is 1. The summed E-state index contributed by atoms with van der Waals surface area (Å²) in [5.41, 5.74) is 7.52. The van der Waals surface area contributed by atoms with Crippen LogP contribution in [0.15, 0.2) is 77.7 Å². The number of nitrogen functional groups attached to an aromatic ring is 1. The van der Waals surface area contributed by atoms with E-state index >= 15 is 0 Å². The Balaban J connectivity index is 1.49. The van der Waals surface area contributed by atoms with Gasteiger partial charge >= 0.3 is 6.09 Å². The molecule has 3 aromatic rings. The van der Waals surface area contributed by atoms with Crippen LogP contribution in [0.3, 0.4) is 0 Å². The van der Waals surface area contributed by atoms with Gasteiger partial charge in [0, 0.05) is 48.4 Å². The van der Waals surface area contributed by atoms with Crippen molar-refractivity contribution >= 4 is 33.3 Å². The highest BCUT2D eigenvalue weighted by atomic mass is 32.2. The Kier molecular flexibility index (Phi) is 7.25. The second-order valence-electron chi connectivity index (χ2n) is 8.50. The molecular formula is C25H28N6O4S. The van der Waals surface area contributed by atoms with Crippen LogP contribution in [0.4, 0.5) is 16.2 Å². The lowest BCUT2D eigenvalue weighted by Gasteiger charge is -2.38. The van der Waals surface area contributed by atoms with E-state index in [2.05, 4.69) is 16.0 Å². The van der Waals surface area contributed by atoms with Gasteiger partial charge in [0.15, 0.2) is 5.72 Å². The molecule has 1 amide bonds. The summed E-state index contributed by atoms with van der Waals surface area (Å²) in [7, 11) is -3.89. The fourth-order valence-corrected chi connectivity index (χ4v) is 4.88. The van der Waals surface area contributed by atoms with Crippen LogP contribution in [-0.4, -0.2) is 39.2 Å². The standard InChI is InChI=1S/C25H28N6O4S/c26-23(27)18-4-3-5-20(16-18)31-25(12-14-29-15-13-25)35-24(32)30-19-10-8-17(9-11-19)21-6-1-2-7-22(21)36(28,33)34/h1-11,16,29,31H,12-15H2,(H3,26,27)(H,30,32)(H2,28,33,34). The molecule has 4 rings (SSSR count). The normalized spacial score (nSPS) is 15.0. The zero-order valence-electron chi connectivity index (χ0n) is 19.5. The van der Waals surface area contributed by atoms with Gasteiger partial charge in [-0.15, -0.1) is 0 Å². The number of rotatable bonds is 7. The maximum Gasteiger partial charge on any atom is 0.413 e. The molecule has 1 saturated heterocycles. The number of anilines is 2. The quantitative estimate of drug-likeness (QED) is 0.162. The van der Waals surface area contributed by atoms with E-state index in [-0.39, 0.29) is 10.7 Å². The number of sulfonamides is 1. The van der Waals surface area contributed by atoms with Crippen LogP contribution < -0.4 is 26.8 Å². The second-order valence-corrected chi connectivity index (χ2v) is 10.0. The van der Waals surface area contributed by atoms with E-state index in [0.29, 0.717) is 54.0 Å². The number of amides is 1. The number of primary sulfonamides is 1. The average molecular weight is 509 g/mol. The lowest BCUT2D eigenvalue weighted by molar-refractivity contribution is 0.0184. The van der Waals surface area contributed by atoms with Crippen molar-refractivity contribution in [3.05, 3.63) is 78.4 Å². The van der Waals surface area contributed by atoms with E-state index in [1.165, 1.54) is 6.07 Å². The highest BCUT2D eigenvalue weighted by Crippen LogP contribution is 2.29. The number of nitrogens with two attached hydrogens (primary N) is 2. The van der Waals surface area contributed by atoms with Crippen LogP contribution in [0.5, 0.6) is 0 Å². The van der Waals surface area contributed by atoms with Crippen molar-refractivity contribution in [1.29, 1.82) is 5.41 Å². The highest BCUT2D eigenvalue weighted by molar-refractivity contribution is 7.89. The summed E-state index contributed by atoms with van der Waals surface area (Å²) in [5.74, 6) is -0.0493. The Hall–Kier alpha value is -3.93. The van der Waals surface area contributed by atoms with Gasteiger partial charge in [0.05, 0.1) is 4.90 Å². The molecule has 1 fully saturated rings. The van der Waals surface area contributed by atoms with Crippen molar-refractivity contribution < 1.29 is 17.9 Å². The molecule has 0 aromatic heterocycles. The minimum Gasteiger partial charge on any atom is -0.423 e. The van der Waals surface area contributed by atoms with Crippen molar-refractivity contribution in [2.24, 2.45) is 10.9 Å². The minimum atomic E-state index is -3.89. The number of nitrogens with one attached hydrogen (secondary N) is 4. The van der Waals surface area contributed by atoms with E-state index in [0.717, 1.165) is 0 Å². The molecule has 0 bridgehead atoms. The molecule has 0 spiro atoms. The molecule has 0 atom stereocenters. The zero-order valence-corrected chi connectivity index (χ0v) is 20.3. The van der Waals surface area contributed by atoms with E-state index in [4.69, 9.17) is 21.0 Å². The number of hydrogen-bond donors (Lipinski definition) is 6. The van der Waals surface area contributed by atoms with Crippen LogP contribution in [-0.2, 0) is 14.8 Å². The molecule has 10 nitrogen and oxygen atoms in total. The van der Waals surface area contributed by atoms with Gasteiger partial charge in [-0.2, -0.15) is 0 Å². The topological polar surface area (TPSA) is 172 Å². The molecule has 0 radical (unpaired) electrons. The molecule has 36 heavy (non-hydrogen) atoms. The van der Waals surface area contributed by atoms with Gasteiger partial charge in [0.2, 0.25) is 10.0 Å². The summed E-state index contributed by atoms with van der Waals surface area (Å²) < 4.78 is 29.7. The maximum absolute atomic E-state index is 12.8. The molecular weight excluding hydrogens is 480 g/mol. The lowest BCUT2D eigenvalue weighted by Crippen LogP contribution is -2.51. The van der Waals surface area contributed by atoms with Crippen molar-refractivity contribution in [3.8, 4) is 11.1 Å². The van der Waals surface area contributed by atoms with Crippen LogP contribution >= 0.6 is 0 Å². The van der Waals surface area contributed by atoms with Crippen LogP contribution in [0, 0.1) is 5.41 Å². The molecule has 188 valence electrons. The van der Waals surface area contributed by atoms with Crippen molar-refractivity contribution in [3.63, 3.8) is 0 Å². The third-order valence-corrected chi connectivity index (χ3v) is 6.85. The second kappa shape index (κ2) is 10.4. The number of benzene rings is 3. The van der Waals surface area contributed by atoms with Gasteiger partial charge in [0.25, 0.3) is 0 Å². The summed E-state index contributed by atoms with van der Waals surface area (Å²) in [6, 6.07) is 20.3. The minimum absolute atomic E-state index is 0.0258. The first-order valence-electron chi connectivity index (χ1n) is 11.3. The van der Waals surface area contributed by atoms with Gasteiger partial charge in [0.1, 0.15) is 5.84 Å². The van der Waals surface area contributed by atoms with E-state index in [9.17, 15) is 13.2 Å². The summed E-state index contributed by atoms with van der Waals surface area (Å²) >= 11 is 0. The van der Waals surface area contributed by atoms with Gasteiger partial charge in [-0.1, -0.05) is 42.5 Å². The molecule has 0 saturated carbocycles. The maximum atomic E-state index is 12.8. The summed E-state index contributed by atoms with van der Waals surface area (Å²) in [4.78, 5) is 12.9. The number of ether oxygens (including phenoxy) is 1. The number of carbonyl (C=O) groups is 1. The lowest BCUT2D eigenvalue weighted by atomic mass is 10.0. The predicted molar refractivity (Wildman–Crippen MR) is 139 cm³/mol. The van der Waals surface area contributed by atoms with Gasteiger partial charge in [-0.25, -0.2) is 18.4 Å². The zero-order chi connectivity index (χ0) is 25.8. The number of hydrogen-bond acceptors (Lipinski definition) is 7. The third kappa shape index (κ3) is 6.00.